The number of aliphatic hydroxyl groups is 1. The molecule has 0 aliphatic rings. The highest BCUT2D eigenvalue weighted by Crippen LogP contribution is 2.08. The lowest BCUT2D eigenvalue weighted by molar-refractivity contribution is -0.121. The van der Waals surface area contributed by atoms with E-state index in [9.17, 15) is 4.79 Å². The summed E-state index contributed by atoms with van der Waals surface area (Å²) in [5.41, 5.74) is 0. The summed E-state index contributed by atoms with van der Waals surface area (Å²) in [6.45, 7) is -3.66. The fourth-order valence-electron chi connectivity index (χ4n) is 2.26. The largest absolute Gasteiger partial charge is 0.395 e. The van der Waals surface area contributed by atoms with Crippen LogP contribution in [0.1, 0.15) is 89.5 Å². The van der Waals surface area contributed by atoms with Crippen LogP contribution in [-0.2, 0) is 4.79 Å². The summed E-state index contributed by atoms with van der Waals surface area (Å²) in [4.78, 5) is 11.6. The van der Waals surface area contributed by atoms with E-state index in [-0.39, 0.29) is 6.42 Å². The molecular formula is C20H37NO2. The lowest BCUT2D eigenvalue weighted by Crippen LogP contribution is -2.25. The quantitative estimate of drug-likeness (QED) is 0.313. The molecule has 3 nitrogen and oxygen atoms in total. The van der Waals surface area contributed by atoms with Crippen molar-refractivity contribution >= 4 is 5.91 Å². The number of rotatable bonds is 16. The molecular weight excluding hydrogens is 286 g/mol. The minimum absolute atomic E-state index is 0.139. The third-order valence-electron chi connectivity index (χ3n) is 3.61. The van der Waals surface area contributed by atoms with Crippen LogP contribution in [0.2, 0.25) is 0 Å². The number of hydrogen-bond donors (Lipinski definition) is 2. The fourth-order valence-corrected chi connectivity index (χ4v) is 2.26. The maximum absolute atomic E-state index is 11.6. The summed E-state index contributed by atoms with van der Waals surface area (Å²) in [6, 6.07) is 0. The number of nitrogens with one attached hydrogen (secondary N) is 1. The summed E-state index contributed by atoms with van der Waals surface area (Å²) < 4.78 is 28.5. The van der Waals surface area contributed by atoms with Gasteiger partial charge in [0.25, 0.3) is 0 Å². The normalized spacial score (nSPS) is 15.4. The average molecular weight is 328 g/mol. The van der Waals surface area contributed by atoms with Crippen molar-refractivity contribution in [2.75, 3.05) is 13.1 Å². The topological polar surface area (TPSA) is 49.3 Å². The molecule has 0 aromatic heterocycles. The third kappa shape index (κ3) is 18.9. The van der Waals surface area contributed by atoms with Crippen molar-refractivity contribution in [2.24, 2.45) is 0 Å². The molecule has 1 amide bonds. The van der Waals surface area contributed by atoms with E-state index in [0.29, 0.717) is 6.42 Å². The monoisotopic (exact) mass is 327 g/mol. The Balaban J connectivity index is 3.54. The highest BCUT2D eigenvalue weighted by Gasteiger charge is 1.99. The van der Waals surface area contributed by atoms with Crippen LogP contribution in [0, 0.1) is 0 Å². The number of amides is 1. The molecule has 0 aliphatic carbocycles. The van der Waals surface area contributed by atoms with E-state index in [2.05, 4.69) is 31.2 Å². The van der Waals surface area contributed by atoms with Crippen LogP contribution in [0.4, 0.5) is 0 Å². The van der Waals surface area contributed by atoms with Gasteiger partial charge in [0.05, 0.1) is 12.0 Å². The van der Waals surface area contributed by atoms with Crippen LogP contribution in [-0.4, -0.2) is 24.1 Å². The van der Waals surface area contributed by atoms with E-state index in [0.717, 1.165) is 38.5 Å². The standard InChI is InChI=1S/C20H37NO2/c1-2-3-4-5-6-7-8-9-10-11-12-13-14-15-16-17-20(23)21-18-19-22/h6-7,9-10,22H,2-5,8,11-19H2,1H3,(H,21,23)/b7-6-,10-9-/i18D2,19D2. The van der Waals surface area contributed by atoms with Crippen molar-refractivity contribution in [1.29, 1.82) is 0 Å². The molecule has 0 aliphatic heterocycles. The molecule has 0 bridgehead atoms. The number of hydrogen-bond acceptors (Lipinski definition) is 2. The fraction of sp³-hybridized carbons (Fsp3) is 0.750. The summed E-state index contributed by atoms with van der Waals surface area (Å²) in [5, 5.41) is 10.9. The van der Waals surface area contributed by atoms with Crippen LogP contribution < -0.4 is 5.32 Å². The lowest BCUT2D eigenvalue weighted by Gasteiger charge is -2.03. The van der Waals surface area contributed by atoms with Crippen molar-refractivity contribution in [3.05, 3.63) is 24.3 Å². The summed E-state index contributed by atoms with van der Waals surface area (Å²) >= 11 is 0. The SMILES string of the molecule is [2H]C([2H])(O)C([2H])([2H])NC(=O)CCCCCCC/C=C\C/C=C\CCCCC. The van der Waals surface area contributed by atoms with Crippen LogP contribution in [0.3, 0.4) is 0 Å². The molecule has 3 heteroatoms. The minimum Gasteiger partial charge on any atom is -0.395 e. The van der Waals surface area contributed by atoms with Gasteiger partial charge in [0.15, 0.2) is 0 Å². The minimum atomic E-state index is -3.10. The molecule has 0 heterocycles. The van der Waals surface area contributed by atoms with Crippen molar-refractivity contribution in [3.63, 3.8) is 0 Å². The first-order valence-corrected chi connectivity index (χ1v) is 9.04. The average Bonchev–Trinajstić information content (AvgIpc) is 2.57. The molecule has 23 heavy (non-hydrogen) atoms. The van der Waals surface area contributed by atoms with Gasteiger partial charge in [0.2, 0.25) is 5.91 Å². The van der Waals surface area contributed by atoms with Crippen LogP contribution in [0.15, 0.2) is 24.3 Å². The zero-order valence-corrected chi connectivity index (χ0v) is 14.7. The Morgan fingerprint density at radius 2 is 1.57 bits per heavy atom. The predicted molar refractivity (Wildman–Crippen MR) is 99.5 cm³/mol. The number of allylic oxidation sites excluding steroid dienone is 4. The van der Waals surface area contributed by atoms with Gasteiger partial charge in [-0.1, -0.05) is 63.3 Å². The first-order chi connectivity index (χ1) is 12.7. The smallest absolute Gasteiger partial charge is 0.220 e. The zero-order chi connectivity index (χ0) is 20.6. The van der Waals surface area contributed by atoms with Gasteiger partial charge in [-0.25, -0.2) is 0 Å². The first kappa shape index (κ1) is 15.4. The van der Waals surface area contributed by atoms with E-state index in [4.69, 9.17) is 10.6 Å². The molecule has 0 unspecified atom stereocenters. The van der Waals surface area contributed by atoms with E-state index in [1.807, 2.05) is 5.32 Å². The Labute approximate surface area is 148 Å². The van der Waals surface area contributed by atoms with Gasteiger partial charge in [0.1, 0.15) is 0 Å². The molecule has 0 saturated heterocycles. The molecule has 0 saturated carbocycles. The predicted octanol–water partition coefficient (Wildman–Crippen LogP) is 4.91. The van der Waals surface area contributed by atoms with E-state index in [1.165, 1.54) is 25.7 Å². The zero-order valence-electron chi connectivity index (χ0n) is 18.7. The Bertz CT molecular complexity index is 446. The second-order valence-electron chi connectivity index (χ2n) is 5.77. The molecule has 0 aromatic rings. The molecule has 0 spiro atoms. The van der Waals surface area contributed by atoms with Crippen LogP contribution in [0.5, 0.6) is 0 Å². The van der Waals surface area contributed by atoms with Crippen molar-refractivity contribution < 1.29 is 15.4 Å². The van der Waals surface area contributed by atoms with Crippen molar-refractivity contribution in [3.8, 4) is 0 Å². The Morgan fingerprint density at radius 3 is 2.22 bits per heavy atom. The van der Waals surface area contributed by atoms with Gasteiger partial charge in [-0.15, -0.1) is 0 Å². The number of carbonyl (C=O) groups is 1. The Kier molecular flexibility index (Phi) is 12.7. The summed E-state index contributed by atoms with van der Waals surface area (Å²) in [6.07, 6.45) is 20.9. The van der Waals surface area contributed by atoms with Gasteiger partial charge in [-0.05, 0) is 38.5 Å². The van der Waals surface area contributed by atoms with Gasteiger partial charge in [-0.2, -0.15) is 0 Å². The Morgan fingerprint density at radius 1 is 0.957 bits per heavy atom. The molecule has 2 N–H and O–H groups in total. The highest BCUT2D eigenvalue weighted by molar-refractivity contribution is 5.75. The summed E-state index contributed by atoms with van der Waals surface area (Å²) in [5.74, 6) is -0.580. The van der Waals surface area contributed by atoms with Crippen LogP contribution in [0.25, 0.3) is 0 Å². The van der Waals surface area contributed by atoms with Gasteiger partial charge < -0.3 is 10.4 Å². The van der Waals surface area contributed by atoms with Gasteiger partial charge in [0, 0.05) is 12.9 Å². The molecule has 0 rings (SSSR count). The molecule has 0 aromatic carbocycles. The molecule has 0 atom stereocenters. The molecule has 134 valence electrons. The second kappa shape index (κ2) is 19.0. The molecule has 0 fully saturated rings. The molecule has 0 radical (unpaired) electrons. The Hall–Kier alpha value is -1.09. The number of unbranched alkanes of at least 4 members (excludes halogenated alkanes) is 8. The summed E-state index contributed by atoms with van der Waals surface area (Å²) in [7, 11) is 0. The first-order valence-electron chi connectivity index (χ1n) is 11.0. The van der Waals surface area contributed by atoms with E-state index in [1.54, 1.807) is 0 Å². The van der Waals surface area contributed by atoms with Crippen molar-refractivity contribution in [2.45, 2.75) is 84.0 Å². The van der Waals surface area contributed by atoms with Crippen LogP contribution >= 0.6 is 0 Å². The second-order valence-corrected chi connectivity index (χ2v) is 5.77. The number of carbonyl (C=O) groups excluding carboxylic acids is 1. The van der Waals surface area contributed by atoms with E-state index >= 15 is 0 Å². The maximum atomic E-state index is 11.6. The lowest BCUT2D eigenvalue weighted by atomic mass is 10.1. The maximum Gasteiger partial charge on any atom is 0.220 e. The van der Waals surface area contributed by atoms with Gasteiger partial charge >= 0.3 is 0 Å². The van der Waals surface area contributed by atoms with E-state index < -0.39 is 19.0 Å². The van der Waals surface area contributed by atoms with Gasteiger partial charge in [-0.3, -0.25) is 4.79 Å². The third-order valence-corrected chi connectivity index (χ3v) is 3.61. The van der Waals surface area contributed by atoms with Crippen molar-refractivity contribution in [1.82, 2.24) is 5.32 Å². The highest BCUT2D eigenvalue weighted by atomic mass is 16.3.